The van der Waals surface area contributed by atoms with Gasteiger partial charge in [0, 0.05) is 5.56 Å². The van der Waals surface area contributed by atoms with Crippen LogP contribution in [0.2, 0.25) is 0 Å². The van der Waals surface area contributed by atoms with Crippen molar-refractivity contribution in [3.8, 4) is 11.5 Å². The number of hydrogen-bond acceptors (Lipinski definition) is 4. The van der Waals surface area contributed by atoms with Crippen LogP contribution in [0.15, 0.2) is 72.4 Å². The van der Waals surface area contributed by atoms with E-state index in [0.717, 1.165) is 14.7 Å². The standard InChI is InChI=1S/C26H24INO5/c1-3-32-23-15-18(13-21(27)24(23)33-16-20-12-8-7-9-17(20)2)14-22(26(30)31)28-25(29)19-10-5-4-6-11-19/h4-15H,3,16H2,1-2H3,(H,28,29)(H,30,31)/b22-14+. The van der Waals surface area contributed by atoms with E-state index in [9.17, 15) is 14.7 Å². The molecule has 0 aliphatic rings. The van der Waals surface area contributed by atoms with Crippen molar-refractivity contribution in [1.29, 1.82) is 0 Å². The molecule has 3 rings (SSSR count). The van der Waals surface area contributed by atoms with Crippen LogP contribution in [0.3, 0.4) is 0 Å². The van der Waals surface area contributed by atoms with Crippen LogP contribution in [0.5, 0.6) is 11.5 Å². The number of nitrogens with one attached hydrogen (secondary N) is 1. The molecule has 0 bridgehead atoms. The number of carbonyl (C=O) groups is 2. The number of amides is 1. The highest BCUT2D eigenvalue weighted by molar-refractivity contribution is 14.1. The summed E-state index contributed by atoms with van der Waals surface area (Å²) in [4.78, 5) is 24.2. The van der Waals surface area contributed by atoms with Crippen molar-refractivity contribution in [1.82, 2.24) is 5.32 Å². The molecule has 0 aliphatic carbocycles. The Morgan fingerprint density at radius 2 is 1.73 bits per heavy atom. The highest BCUT2D eigenvalue weighted by atomic mass is 127. The second-order valence-corrected chi connectivity index (χ2v) is 8.32. The van der Waals surface area contributed by atoms with Crippen molar-refractivity contribution in [3.63, 3.8) is 0 Å². The minimum Gasteiger partial charge on any atom is -0.490 e. The smallest absolute Gasteiger partial charge is 0.352 e. The molecule has 0 aromatic heterocycles. The van der Waals surface area contributed by atoms with E-state index in [1.807, 2.05) is 38.1 Å². The molecule has 7 heteroatoms. The van der Waals surface area contributed by atoms with Gasteiger partial charge in [-0.05, 0) is 83.5 Å². The molecule has 0 heterocycles. The summed E-state index contributed by atoms with van der Waals surface area (Å²) in [6.07, 6.45) is 1.40. The maximum Gasteiger partial charge on any atom is 0.352 e. The number of halogens is 1. The monoisotopic (exact) mass is 557 g/mol. The highest BCUT2D eigenvalue weighted by Crippen LogP contribution is 2.35. The van der Waals surface area contributed by atoms with Crippen molar-refractivity contribution in [2.75, 3.05) is 6.61 Å². The normalized spacial score (nSPS) is 11.1. The summed E-state index contributed by atoms with van der Waals surface area (Å²) in [6, 6.07) is 19.9. The molecule has 0 aliphatic heterocycles. The van der Waals surface area contributed by atoms with Crippen LogP contribution in [0.4, 0.5) is 0 Å². The molecule has 3 aromatic carbocycles. The zero-order valence-electron chi connectivity index (χ0n) is 18.3. The third kappa shape index (κ3) is 6.58. The van der Waals surface area contributed by atoms with Gasteiger partial charge in [-0.1, -0.05) is 42.5 Å². The van der Waals surface area contributed by atoms with Gasteiger partial charge in [-0.15, -0.1) is 0 Å². The molecule has 0 unspecified atom stereocenters. The summed E-state index contributed by atoms with van der Waals surface area (Å²) in [5.74, 6) is -0.652. The zero-order chi connectivity index (χ0) is 23.8. The van der Waals surface area contributed by atoms with Gasteiger partial charge in [-0.2, -0.15) is 0 Å². The van der Waals surface area contributed by atoms with Gasteiger partial charge in [0.05, 0.1) is 10.2 Å². The fourth-order valence-electron chi connectivity index (χ4n) is 3.10. The highest BCUT2D eigenvalue weighted by Gasteiger charge is 2.16. The van der Waals surface area contributed by atoms with Crippen LogP contribution in [0.25, 0.3) is 6.08 Å². The number of carboxylic acids is 1. The number of aryl methyl sites for hydroxylation is 1. The summed E-state index contributed by atoms with van der Waals surface area (Å²) in [5, 5.41) is 12.1. The van der Waals surface area contributed by atoms with E-state index >= 15 is 0 Å². The average molecular weight is 557 g/mol. The Morgan fingerprint density at radius 3 is 2.39 bits per heavy atom. The summed E-state index contributed by atoms with van der Waals surface area (Å²) in [5.41, 5.74) is 2.89. The number of ether oxygens (including phenoxy) is 2. The lowest BCUT2D eigenvalue weighted by atomic mass is 10.1. The summed E-state index contributed by atoms with van der Waals surface area (Å²) in [7, 11) is 0. The van der Waals surface area contributed by atoms with E-state index in [1.54, 1.807) is 42.5 Å². The Morgan fingerprint density at radius 1 is 1.03 bits per heavy atom. The first-order chi connectivity index (χ1) is 15.9. The van der Waals surface area contributed by atoms with Crippen LogP contribution < -0.4 is 14.8 Å². The van der Waals surface area contributed by atoms with Crippen molar-refractivity contribution >= 4 is 40.5 Å². The van der Waals surface area contributed by atoms with Crippen molar-refractivity contribution in [2.45, 2.75) is 20.5 Å². The van der Waals surface area contributed by atoms with Gasteiger partial charge in [0.25, 0.3) is 5.91 Å². The molecule has 170 valence electrons. The maximum atomic E-state index is 12.4. The van der Waals surface area contributed by atoms with Crippen LogP contribution in [0, 0.1) is 10.5 Å². The van der Waals surface area contributed by atoms with E-state index in [1.165, 1.54) is 6.08 Å². The molecule has 0 atom stereocenters. The van der Waals surface area contributed by atoms with Crippen LogP contribution in [-0.4, -0.2) is 23.6 Å². The second-order valence-electron chi connectivity index (χ2n) is 7.16. The first-order valence-corrected chi connectivity index (χ1v) is 11.4. The van der Waals surface area contributed by atoms with Crippen LogP contribution in [0.1, 0.15) is 34.0 Å². The Balaban J connectivity index is 1.88. The lowest BCUT2D eigenvalue weighted by Crippen LogP contribution is -2.27. The number of carboxylic acid groups (broad SMARTS) is 1. The largest absolute Gasteiger partial charge is 0.490 e. The molecule has 0 saturated heterocycles. The summed E-state index contributed by atoms with van der Waals surface area (Å²) >= 11 is 2.13. The molecular weight excluding hydrogens is 533 g/mol. The van der Waals surface area contributed by atoms with Crippen LogP contribution in [-0.2, 0) is 11.4 Å². The van der Waals surface area contributed by atoms with E-state index in [2.05, 4.69) is 27.9 Å². The van der Waals surface area contributed by atoms with Gasteiger partial charge < -0.3 is 19.9 Å². The summed E-state index contributed by atoms with van der Waals surface area (Å²) < 4.78 is 12.6. The second kappa shape index (κ2) is 11.5. The molecule has 3 aromatic rings. The predicted octanol–water partition coefficient (Wildman–Crippen LogP) is 5.43. The molecule has 0 radical (unpaired) electrons. The number of rotatable bonds is 9. The van der Waals surface area contributed by atoms with Gasteiger partial charge >= 0.3 is 5.97 Å². The van der Waals surface area contributed by atoms with Crippen molar-refractivity contribution in [3.05, 3.63) is 98.3 Å². The number of hydrogen-bond donors (Lipinski definition) is 2. The minimum absolute atomic E-state index is 0.240. The SMILES string of the molecule is CCOc1cc(/C=C(/NC(=O)c2ccccc2)C(=O)O)cc(I)c1OCc1ccccc1C. The Hall–Kier alpha value is -3.33. The molecule has 6 nitrogen and oxygen atoms in total. The molecule has 0 fully saturated rings. The van der Waals surface area contributed by atoms with Crippen LogP contribution >= 0.6 is 22.6 Å². The molecule has 33 heavy (non-hydrogen) atoms. The van der Waals surface area contributed by atoms with Gasteiger partial charge in [0.1, 0.15) is 12.3 Å². The fourth-order valence-corrected chi connectivity index (χ4v) is 3.88. The van der Waals surface area contributed by atoms with Crippen molar-refractivity contribution in [2.24, 2.45) is 0 Å². The van der Waals surface area contributed by atoms with E-state index in [-0.39, 0.29) is 5.70 Å². The minimum atomic E-state index is -1.24. The lowest BCUT2D eigenvalue weighted by Gasteiger charge is -2.16. The number of benzene rings is 3. The zero-order valence-corrected chi connectivity index (χ0v) is 20.5. The quantitative estimate of drug-likeness (QED) is 0.271. The van der Waals surface area contributed by atoms with Gasteiger partial charge in [-0.25, -0.2) is 4.79 Å². The Kier molecular flexibility index (Phi) is 8.48. The van der Waals surface area contributed by atoms with Gasteiger partial charge in [0.15, 0.2) is 11.5 Å². The third-order valence-electron chi connectivity index (χ3n) is 4.79. The van der Waals surface area contributed by atoms with E-state index < -0.39 is 11.9 Å². The molecule has 0 spiro atoms. The van der Waals surface area contributed by atoms with E-state index in [4.69, 9.17) is 9.47 Å². The van der Waals surface area contributed by atoms with E-state index in [0.29, 0.717) is 35.8 Å². The first kappa shape index (κ1) is 24.3. The third-order valence-corrected chi connectivity index (χ3v) is 5.59. The molecule has 1 amide bonds. The average Bonchev–Trinajstić information content (AvgIpc) is 2.80. The molecular formula is C26H24INO5. The Labute approximate surface area is 206 Å². The molecule has 0 saturated carbocycles. The molecule has 2 N–H and O–H groups in total. The van der Waals surface area contributed by atoms with Crippen molar-refractivity contribution < 1.29 is 24.2 Å². The topological polar surface area (TPSA) is 84.9 Å². The summed E-state index contributed by atoms with van der Waals surface area (Å²) in [6.45, 7) is 4.69. The lowest BCUT2D eigenvalue weighted by molar-refractivity contribution is -0.132. The Bertz CT molecular complexity index is 1170. The van der Waals surface area contributed by atoms with Gasteiger partial charge in [0.2, 0.25) is 0 Å². The van der Waals surface area contributed by atoms with Gasteiger partial charge in [-0.3, -0.25) is 4.79 Å². The number of carbonyl (C=O) groups excluding carboxylic acids is 1. The number of aliphatic carboxylic acids is 1. The fraction of sp³-hybridized carbons (Fsp3) is 0.154. The first-order valence-electron chi connectivity index (χ1n) is 10.3. The predicted molar refractivity (Wildman–Crippen MR) is 135 cm³/mol. The maximum absolute atomic E-state index is 12.4.